The fourth-order valence-electron chi connectivity index (χ4n) is 8.15. The van der Waals surface area contributed by atoms with Gasteiger partial charge in [0.25, 0.3) is 0 Å². The zero-order chi connectivity index (χ0) is 44.0. The van der Waals surface area contributed by atoms with E-state index in [4.69, 9.17) is 11.6 Å². The Morgan fingerprint density at radius 3 is 1.30 bits per heavy atom. The third kappa shape index (κ3) is 13.8. The minimum atomic E-state index is -0.253. The van der Waals surface area contributed by atoms with Gasteiger partial charge >= 0.3 is 0 Å². The molecule has 0 radical (unpaired) electrons. The van der Waals surface area contributed by atoms with E-state index in [1.165, 1.54) is 71.0 Å². The van der Waals surface area contributed by atoms with Gasteiger partial charge in [0, 0.05) is 34.9 Å². The smallest absolute Gasteiger partial charge is 0.127 e. The summed E-state index contributed by atoms with van der Waals surface area (Å²) in [5.74, 6) is 0.171. The summed E-state index contributed by atoms with van der Waals surface area (Å²) in [5.41, 5.74) is 3.25. The van der Waals surface area contributed by atoms with Crippen molar-refractivity contribution in [2.24, 2.45) is 0 Å². The molecule has 3 heterocycles. The van der Waals surface area contributed by atoms with Crippen molar-refractivity contribution in [2.75, 3.05) is 39.3 Å². The Labute approximate surface area is 385 Å². The first-order valence-electron chi connectivity index (χ1n) is 21.5. The molecule has 0 spiro atoms. The van der Waals surface area contributed by atoms with Crippen molar-refractivity contribution in [3.05, 3.63) is 178 Å². The summed E-state index contributed by atoms with van der Waals surface area (Å²) >= 11 is 10.8. The Morgan fingerprint density at radius 1 is 0.397 bits per heavy atom. The highest BCUT2D eigenvalue weighted by atomic mass is 35.5. The maximum Gasteiger partial charge on any atom is 0.127 e. The zero-order valence-corrected chi connectivity index (χ0v) is 38.0. The first-order valence-corrected chi connectivity index (χ1v) is 24.3. The molecule has 0 bridgehead atoms. The molecule has 0 atom stereocenters. The van der Waals surface area contributed by atoms with Gasteiger partial charge in [-0.05, 0) is 204 Å². The number of halogens is 6. The number of nitrogens with one attached hydrogen (secondary N) is 3. The Bertz CT molecular complexity index is 2320. The number of piperidine rings is 3. The lowest BCUT2D eigenvalue weighted by molar-refractivity contribution is 0.439. The predicted octanol–water partition coefficient (Wildman–Crippen LogP) is 14.3. The van der Waals surface area contributed by atoms with E-state index in [1.54, 1.807) is 60.3 Å². The van der Waals surface area contributed by atoms with E-state index in [-0.39, 0.29) is 35.0 Å². The number of hydrogen-bond acceptors (Lipinski definition) is 6. The summed E-state index contributed by atoms with van der Waals surface area (Å²) in [6.07, 6.45) is 6.25. The number of benzene rings is 6. The minimum absolute atomic E-state index is 0.131. The van der Waals surface area contributed by atoms with Crippen LogP contribution in [0.15, 0.2) is 157 Å². The summed E-state index contributed by atoms with van der Waals surface area (Å²) in [5, 5.41) is 10.7. The van der Waals surface area contributed by atoms with Crippen molar-refractivity contribution in [1.29, 1.82) is 0 Å². The van der Waals surface area contributed by atoms with Crippen molar-refractivity contribution in [2.45, 2.75) is 85.7 Å². The van der Waals surface area contributed by atoms with Crippen LogP contribution in [0.3, 0.4) is 0 Å². The molecular formula is C51H51ClF5N3S3. The molecule has 6 aromatic carbocycles. The normalized spacial score (nSPS) is 16.1. The van der Waals surface area contributed by atoms with Crippen molar-refractivity contribution in [3.8, 4) is 0 Å². The van der Waals surface area contributed by atoms with Gasteiger partial charge in [-0.1, -0.05) is 77.2 Å². The van der Waals surface area contributed by atoms with E-state index in [9.17, 15) is 22.0 Å². The fraction of sp³-hybridized carbons (Fsp3) is 0.294. The van der Waals surface area contributed by atoms with Crippen molar-refractivity contribution in [3.63, 3.8) is 0 Å². The lowest BCUT2D eigenvalue weighted by atomic mass is 9.90. The maximum absolute atomic E-state index is 14.3. The molecule has 0 unspecified atom stereocenters. The molecule has 0 aliphatic carbocycles. The highest BCUT2D eigenvalue weighted by Gasteiger charge is 2.23. The van der Waals surface area contributed by atoms with E-state index in [0.717, 1.165) is 113 Å². The minimum Gasteiger partial charge on any atom is -0.317 e. The Balaban J connectivity index is 0.000000142. The summed E-state index contributed by atoms with van der Waals surface area (Å²) < 4.78 is 67.5. The molecule has 3 aliphatic rings. The quantitative estimate of drug-likeness (QED) is 0.125. The Kier molecular flexibility index (Phi) is 17.9. The van der Waals surface area contributed by atoms with Crippen LogP contribution < -0.4 is 16.0 Å². The van der Waals surface area contributed by atoms with Crippen LogP contribution in [-0.2, 0) is 0 Å². The van der Waals surface area contributed by atoms with Crippen molar-refractivity contribution >= 4 is 46.9 Å². The second-order valence-electron chi connectivity index (χ2n) is 15.7. The van der Waals surface area contributed by atoms with E-state index in [2.05, 4.69) is 16.0 Å². The average molecular weight is 933 g/mol. The highest BCUT2D eigenvalue weighted by molar-refractivity contribution is 8.00. The Morgan fingerprint density at radius 2 is 0.810 bits per heavy atom. The fourth-order valence-corrected chi connectivity index (χ4v) is 11.6. The Hall–Kier alpha value is -3.81. The third-order valence-corrected chi connectivity index (χ3v) is 15.2. The van der Waals surface area contributed by atoms with E-state index in [0.29, 0.717) is 16.9 Å². The van der Waals surface area contributed by atoms with Crippen molar-refractivity contribution < 1.29 is 22.0 Å². The molecule has 63 heavy (non-hydrogen) atoms. The molecule has 3 nitrogen and oxygen atoms in total. The van der Waals surface area contributed by atoms with Crippen LogP contribution in [0.25, 0.3) is 0 Å². The molecular weight excluding hydrogens is 881 g/mol. The van der Waals surface area contributed by atoms with E-state index < -0.39 is 0 Å². The van der Waals surface area contributed by atoms with Crippen LogP contribution in [0, 0.1) is 29.1 Å². The zero-order valence-electron chi connectivity index (χ0n) is 34.8. The summed E-state index contributed by atoms with van der Waals surface area (Å²) in [4.78, 5) is 5.69. The first-order chi connectivity index (χ1) is 30.7. The summed E-state index contributed by atoms with van der Waals surface area (Å²) in [6, 6.07) is 35.8. The van der Waals surface area contributed by atoms with Gasteiger partial charge in [0.1, 0.15) is 29.1 Å². The standard InChI is InChI=1S/C17H17ClFNS.2C17H17F2NS/c18-15-3-1-2-4-16(15)21-17-11-13(19)5-6-14(17)12-7-9-20-10-8-12;18-13-1-4-15(5-2-13)21-17-11-14(19)3-6-16(17)12-7-9-20-10-8-12;18-13-4-6-14(7-5-13)21-16-3-1-2-15(19)17(16)12-8-10-20-11-9-12/h2*1-6,11-12,20H,7-10H2;1-7,12,20H,8-11H2. The summed E-state index contributed by atoms with van der Waals surface area (Å²) in [6.45, 7) is 5.92. The van der Waals surface area contributed by atoms with Crippen LogP contribution in [-0.4, -0.2) is 39.3 Å². The van der Waals surface area contributed by atoms with Crippen LogP contribution in [0.5, 0.6) is 0 Å². The van der Waals surface area contributed by atoms with Crippen LogP contribution in [0.2, 0.25) is 5.02 Å². The second-order valence-corrected chi connectivity index (χ2v) is 19.5. The molecule has 0 saturated carbocycles. The molecule has 0 amide bonds. The van der Waals surface area contributed by atoms with Gasteiger partial charge < -0.3 is 16.0 Å². The third-order valence-electron chi connectivity index (χ3n) is 11.4. The molecule has 0 aromatic heterocycles. The summed E-state index contributed by atoms with van der Waals surface area (Å²) in [7, 11) is 0. The van der Waals surface area contributed by atoms with Gasteiger partial charge in [-0.2, -0.15) is 0 Å². The van der Waals surface area contributed by atoms with Gasteiger partial charge in [-0.25, -0.2) is 22.0 Å². The monoisotopic (exact) mass is 931 g/mol. The SMILES string of the molecule is Fc1ccc(C2CCNCC2)c(Sc2ccccc2Cl)c1.Fc1ccc(Sc2cc(F)ccc2C2CCNCC2)cc1.Fc1ccc(Sc2cccc(F)c2C2CCNCC2)cc1. The van der Waals surface area contributed by atoms with Crippen molar-refractivity contribution in [1.82, 2.24) is 16.0 Å². The predicted molar refractivity (Wildman–Crippen MR) is 250 cm³/mol. The molecule has 3 N–H and O–H groups in total. The van der Waals surface area contributed by atoms with Gasteiger partial charge in [0.2, 0.25) is 0 Å². The molecule has 3 aliphatic heterocycles. The van der Waals surface area contributed by atoms with Gasteiger partial charge in [0.15, 0.2) is 0 Å². The van der Waals surface area contributed by atoms with Gasteiger partial charge in [0.05, 0.1) is 5.02 Å². The topological polar surface area (TPSA) is 36.1 Å². The lowest BCUT2D eigenvalue weighted by Gasteiger charge is -2.25. The molecule has 9 rings (SSSR count). The van der Waals surface area contributed by atoms with E-state index >= 15 is 0 Å². The van der Waals surface area contributed by atoms with Gasteiger partial charge in [-0.3, -0.25) is 0 Å². The number of rotatable bonds is 9. The molecule has 330 valence electrons. The second kappa shape index (κ2) is 23.9. The van der Waals surface area contributed by atoms with E-state index in [1.807, 2.05) is 42.5 Å². The van der Waals surface area contributed by atoms with Crippen LogP contribution in [0.1, 0.15) is 73.0 Å². The van der Waals surface area contributed by atoms with Crippen LogP contribution in [0.4, 0.5) is 22.0 Å². The average Bonchev–Trinajstić information content (AvgIpc) is 3.30. The lowest BCUT2D eigenvalue weighted by Crippen LogP contribution is -2.27. The van der Waals surface area contributed by atoms with Gasteiger partial charge in [-0.15, -0.1) is 0 Å². The molecule has 12 heteroatoms. The molecule has 6 aromatic rings. The number of hydrogen-bond donors (Lipinski definition) is 3. The molecule has 3 saturated heterocycles. The highest BCUT2D eigenvalue weighted by Crippen LogP contribution is 2.41. The first kappa shape index (κ1) is 47.2. The molecule has 3 fully saturated rings. The maximum atomic E-state index is 14.3. The largest absolute Gasteiger partial charge is 0.317 e. The van der Waals surface area contributed by atoms with Crippen LogP contribution >= 0.6 is 46.9 Å².